The van der Waals surface area contributed by atoms with Crippen molar-refractivity contribution in [3.05, 3.63) is 41.1 Å². The second kappa shape index (κ2) is 4.84. The van der Waals surface area contributed by atoms with Crippen molar-refractivity contribution in [2.75, 3.05) is 7.05 Å². The Balaban J connectivity index is 2.33. The standard InChI is InChI=1S/C8H11N2O2/c1-9-10(11)12-7-8-5-3-2-4-6-8/h2-6,9H,7H2,1H3/q-1. The molecule has 0 atom stereocenters. The summed E-state index contributed by atoms with van der Waals surface area (Å²) >= 11 is 0. The van der Waals surface area contributed by atoms with Crippen molar-refractivity contribution in [3.8, 4) is 0 Å². The Labute approximate surface area is 71.3 Å². The first-order valence-corrected chi connectivity index (χ1v) is 3.64. The fourth-order valence-electron chi connectivity index (χ4n) is 0.772. The predicted octanol–water partition coefficient (Wildman–Crippen LogP) is 1.05. The molecular formula is C8H11N2O2-. The fraction of sp³-hybridized carbons (Fsp3) is 0.250. The fourth-order valence-corrected chi connectivity index (χ4v) is 0.772. The van der Waals surface area contributed by atoms with Crippen LogP contribution in [0.5, 0.6) is 0 Å². The summed E-state index contributed by atoms with van der Waals surface area (Å²) in [6, 6.07) is 9.49. The van der Waals surface area contributed by atoms with Crippen molar-refractivity contribution in [1.29, 1.82) is 0 Å². The van der Waals surface area contributed by atoms with Crippen molar-refractivity contribution in [2.45, 2.75) is 6.61 Å². The van der Waals surface area contributed by atoms with E-state index in [2.05, 4.69) is 5.43 Å². The summed E-state index contributed by atoms with van der Waals surface area (Å²) in [5.41, 5.74) is 3.26. The summed E-state index contributed by atoms with van der Waals surface area (Å²) in [4.78, 5) is 4.74. The lowest BCUT2D eigenvalue weighted by atomic mass is 10.2. The van der Waals surface area contributed by atoms with E-state index in [1.54, 1.807) is 0 Å². The molecule has 4 nitrogen and oxygen atoms in total. The molecule has 4 heteroatoms. The van der Waals surface area contributed by atoms with E-state index in [4.69, 9.17) is 4.84 Å². The molecule has 0 spiro atoms. The van der Waals surface area contributed by atoms with Crippen LogP contribution in [-0.4, -0.2) is 12.4 Å². The van der Waals surface area contributed by atoms with Crippen LogP contribution in [0.25, 0.3) is 0 Å². The molecule has 0 unspecified atom stereocenters. The highest BCUT2D eigenvalue weighted by molar-refractivity contribution is 5.13. The van der Waals surface area contributed by atoms with Gasteiger partial charge in [-0.05, 0) is 12.6 Å². The Morgan fingerprint density at radius 2 is 2.08 bits per heavy atom. The number of hydrogen-bond donors (Lipinski definition) is 1. The van der Waals surface area contributed by atoms with Gasteiger partial charge in [-0.1, -0.05) is 30.3 Å². The third-order valence-electron chi connectivity index (χ3n) is 1.37. The minimum absolute atomic E-state index is 0.283. The zero-order valence-corrected chi connectivity index (χ0v) is 6.86. The molecule has 12 heavy (non-hydrogen) atoms. The number of nitrogens with one attached hydrogen (secondary N) is 1. The Hall–Kier alpha value is -0.940. The van der Waals surface area contributed by atoms with Crippen molar-refractivity contribution in [3.63, 3.8) is 0 Å². The van der Waals surface area contributed by atoms with Gasteiger partial charge in [0.05, 0.1) is 6.61 Å². The Bertz CT molecular complexity index is 216. The molecule has 0 fully saturated rings. The average Bonchev–Trinajstić information content (AvgIpc) is 2.16. The Morgan fingerprint density at radius 3 is 2.67 bits per heavy atom. The van der Waals surface area contributed by atoms with Gasteiger partial charge in [-0.15, -0.1) is 0 Å². The predicted molar refractivity (Wildman–Crippen MR) is 45.5 cm³/mol. The average molecular weight is 167 g/mol. The maximum absolute atomic E-state index is 10.6. The summed E-state index contributed by atoms with van der Waals surface area (Å²) < 4.78 is 0. The van der Waals surface area contributed by atoms with Crippen LogP contribution in [0.4, 0.5) is 0 Å². The highest BCUT2D eigenvalue weighted by Crippen LogP contribution is 2.00. The van der Waals surface area contributed by atoms with Crippen molar-refractivity contribution in [1.82, 2.24) is 10.8 Å². The van der Waals surface area contributed by atoms with Crippen LogP contribution in [0.15, 0.2) is 30.3 Å². The monoisotopic (exact) mass is 167 g/mol. The molecule has 0 aliphatic rings. The van der Waals surface area contributed by atoms with E-state index >= 15 is 0 Å². The molecule has 1 N–H and O–H groups in total. The third-order valence-corrected chi connectivity index (χ3v) is 1.37. The van der Waals surface area contributed by atoms with E-state index < -0.39 is 0 Å². The topological polar surface area (TPSA) is 47.6 Å². The van der Waals surface area contributed by atoms with Crippen molar-refractivity contribution < 1.29 is 4.84 Å². The molecule has 0 aliphatic heterocycles. The molecule has 0 saturated heterocycles. The van der Waals surface area contributed by atoms with E-state index in [0.29, 0.717) is 5.34 Å². The normalized spacial score (nSPS) is 10.6. The second-order valence-electron chi connectivity index (χ2n) is 2.24. The zero-order valence-electron chi connectivity index (χ0n) is 6.86. The van der Waals surface area contributed by atoms with Gasteiger partial charge in [-0.3, -0.25) is 4.84 Å². The Morgan fingerprint density at radius 1 is 1.42 bits per heavy atom. The molecule has 0 amide bonds. The minimum atomic E-state index is 0.283. The van der Waals surface area contributed by atoms with Crippen LogP contribution in [-0.2, 0) is 11.4 Å². The summed E-state index contributed by atoms with van der Waals surface area (Å²) in [6.45, 7) is 0.283. The largest absolute Gasteiger partial charge is 0.748 e. The van der Waals surface area contributed by atoms with Gasteiger partial charge >= 0.3 is 0 Å². The summed E-state index contributed by atoms with van der Waals surface area (Å²) in [5, 5.41) is 10.9. The van der Waals surface area contributed by atoms with Gasteiger partial charge in [0, 0.05) is 0 Å². The maximum atomic E-state index is 10.6. The summed E-state index contributed by atoms with van der Waals surface area (Å²) in [6.07, 6.45) is 0. The number of benzene rings is 1. The molecule has 1 aromatic rings. The van der Waals surface area contributed by atoms with Crippen LogP contribution in [0.2, 0.25) is 0 Å². The SMILES string of the molecule is CNN([O-])OCc1ccccc1. The first-order chi connectivity index (χ1) is 5.83. The Kier molecular flexibility index (Phi) is 3.69. The zero-order chi connectivity index (χ0) is 8.81. The highest BCUT2D eigenvalue weighted by atomic mass is 16.9. The number of hydrogen-bond acceptors (Lipinski definition) is 4. The lowest BCUT2D eigenvalue weighted by molar-refractivity contribution is -0.162. The van der Waals surface area contributed by atoms with E-state index in [0.717, 1.165) is 5.56 Å². The van der Waals surface area contributed by atoms with Crippen LogP contribution < -0.4 is 5.43 Å². The van der Waals surface area contributed by atoms with Crippen LogP contribution in [0, 0.1) is 5.21 Å². The molecule has 0 aliphatic carbocycles. The molecule has 1 aromatic carbocycles. The van der Waals surface area contributed by atoms with Crippen LogP contribution >= 0.6 is 0 Å². The lowest BCUT2D eigenvalue weighted by Crippen LogP contribution is -2.28. The quantitative estimate of drug-likeness (QED) is 0.681. The van der Waals surface area contributed by atoms with Gasteiger partial charge in [0.1, 0.15) is 0 Å². The van der Waals surface area contributed by atoms with Gasteiger partial charge in [-0.25, -0.2) is 5.43 Å². The van der Waals surface area contributed by atoms with Crippen molar-refractivity contribution in [2.24, 2.45) is 0 Å². The number of nitrogens with zero attached hydrogens (tertiary/aromatic N) is 1. The highest BCUT2D eigenvalue weighted by Gasteiger charge is 1.90. The molecule has 0 bridgehead atoms. The van der Waals surface area contributed by atoms with Gasteiger partial charge in [0.25, 0.3) is 0 Å². The summed E-state index contributed by atoms with van der Waals surface area (Å²) in [7, 11) is 1.50. The maximum Gasteiger partial charge on any atom is 0.0940 e. The third kappa shape index (κ3) is 2.98. The molecule has 0 saturated carbocycles. The number of rotatable bonds is 4. The lowest BCUT2D eigenvalue weighted by Gasteiger charge is -2.24. The minimum Gasteiger partial charge on any atom is -0.748 e. The number of hydrazine groups is 1. The van der Waals surface area contributed by atoms with E-state index in [1.165, 1.54) is 7.05 Å². The molecule has 0 heterocycles. The first-order valence-electron chi connectivity index (χ1n) is 3.64. The molecule has 0 radical (unpaired) electrons. The second-order valence-corrected chi connectivity index (χ2v) is 2.24. The van der Waals surface area contributed by atoms with Crippen LogP contribution in [0.3, 0.4) is 0 Å². The van der Waals surface area contributed by atoms with Crippen molar-refractivity contribution >= 4 is 0 Å². The molecule has 66 valence electrons. The van der Waals surface area contributed by atoms with E-state index in [9.17, 15) is 5.21 Å². The van der Waals surface area contributed by atoms with Crippen LogP contribution in [0.1, 0.15) is 5.56 Å². The summed E-state index contributed by atoms with van der Waals surface area (Å²) in [5.74, 6) is 0. The molecule has 0 aromatic heterocycles. The van der Waals surface area contributed by atoms with Gasteiger partial charge < -0.3 is 5.21 Å². The van der Waals surface area contributed by atoms with Gasteiger partial charge in [-0.2, -0.15) is 5.34 Å². The van der Waals surface area contributed by atoms with E-state index in [-0.39, 0.29) is 6.61 Å². The molecular weight excluding hydrogens is 156 g/mol. The van der Waals surface area contributed by atoms with E-state index in [1.807, 2.05) is 30.3 Å². The van der Waals surface area contributed by atoms with Gasteiger partial charge in [0.2, 0.25) is 0 Å². The first kappa shape index (κ1) is 9.15. The van der Waals surface area contributed by atoms with Gasteiger partial charge in [0.15, 0.2) is 0 Å². The molecule has 1 rings (SSSR count). The smallest absolute Gasteiger partial charge is 0.0940 e.